The average Bonchev–Trinajstić information content (AvgIpc) is 3.13. The van der Waals surface area contributed by atoms with Crippen LogP contribution in [-0.2, 0) is 4.79 Å². The zero-order chi connectivity index (χ0) is 23.0. The summed E-state index contributed by atoms with van der Waals surface area (Å²) < 4.78 is 8.62. The first kappa shape index (κ1) is 21.3. The van der Waals surface area contributed by atoms with E-state index in [-0.39, 0.29) is 11.4 Å². The first-order valence-electron chi connectivity index (χ1n) is 10.3. The molecule has 32 heavy (non-hydrogen) atoms. The first-order valence-corrected chi connectivity index (χ1v) is 10.3. The van der Waals surface area contributed by atoms with Crippen LogP contribution < -0.4 is 10.3 Å². The molecule has 8 nitrogen and oxygen atoms in total. The molecule has 4 rings (SSSR count). The Hall–Kier alpha value is -3.94. The van der Waals surface area contributed by atoms with E-state index in [1.165, 1.54) is 6.92 Å². The minimum absolute atomic E-state index is 0.0680. The van der Waals surface area contributed by atoms with Crippen LogP contribution in [0, 0.1) is 0 Å². The molecule has 1 atom stereocenters. The van der Waals surface area contributed by atoms with E-state index in [4.69, 9.17) is 9.84 Å². The van der Waals surface area contributed by atoms with Gasteiger partial charge in [0.05, 0.1) is 5.69 Å². The van der Waals surface area contributed by atoms with Crippen molar-refractivity contribution in [2.45, 2.75) is 39.3 Å². The van der Waals surface area contributed by atoms with Crippen molar-refractivity contribution in [3.63, 3.8) is 0 Å². The highest BCUT2D eigenvalue weighted by Crippen LogP contribution is 2.29. The molecule has 1 N–H and O–H groups in total. The molecule has 0 aliphatic carbocycles. The van der Waals surface area contributed by atoms with Gasteiger partial charge in [0.25, 0.3) is 5.56 Å². The predicted molar refractivity (Wildman–Crippen MR) is 121 cm³/mol. The van der Waals surface area contributed by atoms with Crippen LogP contribution in [0.5, 0.6) is 6.01 Å². The maximum absolute atomic E-state index is 13.7. The highest BCUT2D eigenvalue weighted by molar-refractivity contribution is 5.92. The van der Waals surface area contributed by atoms with E-state index in [1.807, 2.05) is 81.4 Å². The van der Waals surface area contributed by atoms with Gasteiger partial charge in [-0.25, -0.2) is 14.0 Å². The number of ether oxygens (including phenoxy) is 1. The predicted octanol–water partition coefficient (Wildman–Crippen LogP) is 4.07. The minimum atomic E-state index is -1.18. The fourth-order valence-electron chi connectivity index (χ4n) is 3.41. The molecule has 0 radical (unpaired) electrons. The van der Waals surface area contributed by atoms with Gasteiger partial charge in [-0.15, -0.1) is 0 Å². The van der Waals surface area contributed by atoms with Crippen LogP contribution in [0.1, 0.15) is 33.7 Å². The van der Waals surface area contributed by atoms with Crippen molar-refractivity contribution in [3.05, 3.63) is 71.0 Å². The average molecular weight is 432 g/mol. The van der Waals surface area contributed by atoms with Crippen molar-refractivity contribution in [1.82, 2.24) is 19.3 Å². The zero-order valence-corrected chi connectivity index (χ0v) is 18.3. The van der Waals surface area contributed by atoms with Crippen molar-refractivity contribution < 1.29 is 14.6 Å². The molecule has 0 fully saturated rings. The highest BCUT2D eigenvalue weighted by Gasteiger charge is 2.29. The van der Waals surface area contributed by atoms with Gasteiger partial charge in [-0.3, -0.25) is 4.79 Å². The second-order valence-electron chi connectivity index (χ2n) is 8.46. The molecule has 164 valence electrons. The molecule has 2 aromatic carbocycles. The van der Waals surface area contributed by atoms with Crippen LogP contribution in [-0.4, -0.2) is 36.0 Å². The Bertz CT molecular complexity index is 1340. The number of para-hydroxylation sites is 1. The molecule has 0 spiro atoms. The van der Waals surface area contributed by atoms with E-state index in [9.17, 15) is 14.7 Å². The molecular weight excluding hydrogens is 408 g/mol. The summed E-state index contributed by atoms with van der Waals surface area (Å²) in [6.07, 6.45) is 0. The lowest BCUT2D eigenvalue weighted by molar-refractivity contribution is -0.140. The molecule has 4 aromatic rings. The van der Waals surface area contributed by atoms with Gasteiger partial charge in [0, 0.05) is 5.56 Å². The number of benzene rings is 2. The number of carboxylic acids is 1. The van der Waals surface area contributed by atoms with Crippen LogP contribution in [0.4, 0.5) is 0 Å². The summed E-state index contributed by atoms with van der Waals surface area (Å²) in [5.74, 6) is -1.16. The van der Waals surface area contributed by atoms with Gasteiger partial charge in [-0.05, 0) is 39.8 Å². The van der Waals surface area contributed by atoms with Crippen molar-refractivity contribution in [1.29, 1.82) is 0 Å². The zero-order valence-electron chi connectivity index (χ0n) is 18.3. The third-order valence-electron chi connectivity index (χ3n) is 4.89. The van der Waals surface area contributed by atoms with Crippen LogP contribution in [0.25, 0.3) is 28.0 Å². The van der Waals surface area contributed by atoms with Crippen LogP contribution in [0.15, 0.2) is 65.5 Å². The summed E-state index contributed by atoms with van der Waals surface area (Å²) in [5.41, 5.74) is 0.948. The molecule has 0 amide bonds. The number of aliphatic carboxylic acids is 1. The van der Waals surface area contributed by atoms with Gasteiger partial charge < -0.3 is 9.84 Å². The molecule has 1 unspecified atom stereocenters. The molecule has 2 aromatic heterocycles. The molecule has 0 aliphatic heterocycles. The van der Waals surface area contributed by atoms with Gasteiger partial charge in [0.2, 0.25) is 0 Å². The van der Waals surface area contributed by atoms with E-state index in [2.05, 4.69) is 4.98 Å². The molecule has 0 saturated carbocycles. The monoisotopic (exact) mass is 432 g/mol. The Morgan fingerprint density at radius 2 is 1.62 bits per heavy atom. The van der Waals surface area contributed by atoms with Crippen molar-refractivity contribution >= 4 is 17.0 Å². The second kappa shape index (κ2) is 7.96. The topological polar surface area (TPSA) is 99.2 Å². The fraction of sp³-hybridized carbons (Fsp3) is 0.250. The van der Waals surface area contributed by atoms with Crippen molar-refractivity contribution in [3.8, 4) is 23.0 Å². The fourth-order valence-corrected chi connectivity index (χ4v) is 3.41. The first-order chi connectivity index (χ1) is 15.2. The molecule has 2 heterocycles. The van der Waals surface area contributed by atoms with Crippen molar-refractivity contribution in [2.75, 3.05) is 0 Å². The standard InChI is InChI=1S/C24H24N4O4/c1-15(22(30)31)27-21(29)18-19(16-11-7-5-8-12-16)26-28(17-13-9-6-10-14-17)20(18)25-23(27)32-24(2,3)4/h5-15H,1-4H3,(H,30,31). The third kappa shape index (κ3) is 3.87. The minimum Gasteiger partial charge on any atom is -0.480 e. The Labute approximate surface area is 184 Å². The van der Waals surface area contributed by atoms with E-state index in [0.29, 0.717) is 11.3 Å². The summed E-state index contributed by atoms with van der Waals surface area (Å²) in [4.78, 5) is 30.2. The summed E-state index contributed by atoms with van der Waals surface area (Å²) in [7, 11) is 0. The molecule has 8 heteroatoms. The normalized spacial score (nSPS) is 12.6. The molecule has 0 saturated heterocycles. The number of nitrogens with zero attached hydrogens (tertiary/aromatic N) is 4. The maximum atomic E-state index is 13.7. The van der Waals surface area contributed by atoms with Gasteiger partial charge in [0.1, 0.15) is 22.7 Å². The number of fused-ring (bicyclic) bond motifs is 1. The van der Waals surface area contributed by atoms with Gasteiger partial charge in [-0.2, -0.15) is 10.1 Å². The van der Waals surface area contributed by atoms with Crippen LogP contribution >= 0.6 is 0 Å². The quantitative estimate of drug-likeness (QED) is 0.510. The van der Waals surface area contributed by atoms with Gasteiger partial charge in [0.15, 0.2) is 5.65 Å². The Morgan fingerprint density at radius 1 is 1.03 bits per heavy atom. The van der Waals surface area contributed by atoms with Gasteiger partial charge in [-0.1, -0.05) is 48.5 Å². The molecular formula is C24H24N4O4. The molecule has 0 bridgehead atoms. The van der Waals surface area contributed by atoms with E-state index in [1.54, 1.807) is 4.68 Å². The SMILES string of the molecule is CC(C(=O)O)n1c(OC(C)(C)C)nc2c(c(-c3ccccc3)nn2-c2ccccc2)c1=O. The summed E-state index contributed by atoms with van der Waals surface area (Å²) >= 11 is 0. The number of hydrogen-bond acceptors (Lipinski definition) is 5. The largest absolute Gasteiger partial charge is 0.480 e. The lowest BCUT2D eigenvalue weighted by Crippen LogP contribution is -2.34. The lowest BCUT2D eigenvalue weighted by atomic mass is 10.1. The summed E-state index contributed by atoms with van der Waals surface area (Å²) in [6.45, 7) is 6.85. The number of aromatic nitrogens is 4. The number of carboxylic acid groups (broad SMARTS) is 1. The molecule has 0 aliphatic rings. The van der Waals surface area contributed by atoms with E-state index < -0.39 is 23.2 Å². The number of rotatable bonds is 5. The number of carbonyl (C=O) groups is 1. The van der Waals surface area contributed by atoms with Gasteiger partial charge >= 0.3 is 12.0 Å². The van der Waals surface area contributed by atoms with E-state index in [0.717, 1.165) is 15.8 Å². The third-order valence-corrected chi connectivity index (χ3v) is 4.89. The highest BCUT2D eigenvalue weighted by atomic mass is 16.5. The Kier molecular flexibility index (Phi) is 5.30. The Morgan fingerprint density at radius 3 is 2.19 bits per heavy atom. The summed E-state index contributed by atoms with van der Waals surface area (Å²) in [5, 5.41) is 14.6. The lowest BCUT2D eigenvalue weighted by Gasteiger charge is -2.24. The van der Waals surface area contributed by atoms with E-state index >= 15 is 0 Å². The number of hydrogen-bond donors (Lipinski definition) is 1. The smallest absolute Gasteiger partial charge is 0.326 e. The van der Waals surface area contributed by atoms with Crippen molar-refractivity contribution in [2.24, 2.45) is 0 Å². The second-order valence-corrected chi connectivity index (χ2v) is 8.46. The van der Waals surface area contributed by atoms with Crippen LogP contribution in [0.2, 0.25) is 0 Å². The summed E-state index contributed by atoms with van der Waals surface area (Å²) in [6, 6.07) is 17.4. The maximum Gasteiger partial charge on any atom is 0.326 e. The van der Waals surface area contributed by atoms with Crippen LogP contribution in [0.3, 0.4) is 0 Å². The Balaban J connectivity index is 2.13.